The lowest BCUT2D eigenvalue weighted by Gasteiger charge is -2.09. The molecule has 0 atom stereocenters. The number of carbonyl (C=O) groups is 1. The lowest BCUT2D eigenvalue weighted by molar-refractivity contribution is 0.0707. The topological polar surface area (TPSA) is 57.0 Å². The Kier molecular flexibility index (Phi) is 5.01. The molecule has 0 saturated carbocycles. The third kappa shape index (κ3) is 3.97. The number of rotatable bonds is 4. The van der Waals surface area contributed by atoms with Crippen LogP contribution >= 0.6 is 23.2 Å². The smallest absolute Gasteiger partial charge is 0.366 e. The van der Waals surface area contributed by atoms with Crippen molar-refractivity contribution in [2.75, 3.05) is 0 Å². The van der Waals surface area contributed by atoms with E-state index in [0.29, 0.717) is 22.3 Å². The third-order valence-electron chi connectivity index (χ3n) is 3.33. The molecule has 2 aromatic heterocycles. The van der Waals surface area contributed by atoms with Crippen molar-refractivity contribution in [2.24, 2.45) is 0 Å². The van der Waals surface area contributed by atoms with Crippen molar-refractivity contribution in [3.63, 3.8) is 0 Å². The molecule has 8 heteroatoms. The van der Waals surface area contributed by atoms with Crippen LogP contribution in [0, 0.1) is 12.7 Å². The molecule has 0 unspecified atom stereocenters. The Hall–Kier alpha value is -2.44. The molecule has 128 valence electrons. The van der Waals surface area contributed by atoms with Crippen molar-refractivity contribution in [2.45, 2.75) is 13.5 Å². The average Bonchev–Trinajstić information content (AvgIpc) is 2.90. The molecule has 3 aromatic rings. The maximum atomic E-state index is 13.7. The molecule has 5 nitrogen and oxygen atoms in total. The van der Waals surface area contributed by atoms with Gasteiger partial charge in [-0.05, 0) is 36.8 Å². The highest BCUT2D eigenvalue weighted by Gasteiger charge is 2.18. The van der Waals surface area contributed by atoms with Gasteiger partial charge in [0.05, 0.1) is 22.3 Å². The number of hydrogen-bond donors (Lipinski definition) is 0. The van der Waals surface area contributed by atoms with Crippen LogP contribution in [0.3, 0.4) is 0 Å². The second-order valence-electron chi connectivity index (χ2n) is 5.25. The van der Waals surface area contributed by atoms with E-state index in [0.717, 1.165) is 11.6 Å². The highest BCUT2D eigenvalue weighted by atomic mass is 35.5. The predicted octanol–water partition coefficient (Wildman–Crippen LogP) is 4.30. The molecule has 2 heterocycles. The first kappa shape index (κ1) is 17.4. The number of carbonyl (C=O) groups excluding carboxylic acids is 1. The molecule has 3 rings (SSSR count). The molecular formula is C17H12Cl2FN3O2. The van der Waals surface area contributed by atoms with E-state index in [4.69, 9.17) is 27.9 Å². The SMILES string of the molecule is Cc1cc(OC(=O)c2ncccc2F)n(Cc2ccc(Cl)c(Cl)c2)n1. The number of benzene rings is 1. The zero-order chi connectivity index (χ0) is 18.0. The Morgan fingerprint density at radius 3 is 2.76 bits per heavy atom. The van der Waals surface area contributed by atoms with Gasteiger partial charge < -0.3 is 4.74 Å². The summed E-state index contributed by atoms with van der Waals surface area (Å²) < 4.78 is 20.4. The van der Waals surface area contributed by atoms with E-state index in [1.807, 2.05) is 0 Å². The summed E-state index contributed by atoms with van der Waals surface area (Å²) in [7, 11) is 0. The fourth-order valence-corrected chi connectivity index (χ4v) is 2.53. The van der Waals surface area contributed by atoms with Crippen molar-refractivity contribution in [1.29, 1.82) is 0 Å². The molecule has 1 aromatic carbocycles. The summed E-state index contributed by atoms with van der Waals surface area (Å²) in [5.74, 6) is -1.47. The molecule has 0 radical (unpaired) electrons. The van der Waals surface area contributed by atoms with E-state index in [9.17, 15) is 9.18 Å². The van der Waals surface area contributed by atoms with E-state index >= 15 is 0 Å². The Morgan fingerprint density at radius 1 is 1.24 bits per heavy atom. The normalized spacial score (nSPS) is 10.7. The number of halogens is 3. The second-order valence-corrected chi connectivity index (χ2v) is 6.07. The zero-order valence-electron chi connectivity index (χ0n) is 13.0. The number of hydrogen-bond acceptors (Lipinski definition) is 4. The van der Waals surface area contributed by atoms with Gasteiger partial charge in [0.25, 0.3) is 0 Å². The first-order chi connectivity index (χ1) is 11.9. The van der Waals surface area contributed by atoms with Crippen LogP contribution in [0.5, 0.6) is 5.88 Å². The molecule has 25 heavy (non-hydrogen) atoms. The van der Waals surface area contributed by atoms with Gasteiger partial charge >= 0.3 is 5.97 Å². The first-order valence-corrected chi connectivity index (χ1v) is 8.00. The van der Waals surface area contributed by atoms with Gasteiger partial charge in [-0.1, -0.05) is 29.3 Å². The molecule has 0 N–H and O–H groups in total. The summed E-state index contributed by atoms with van der Waals surface area (Å²) >= 11 is 11.9. The first-order valence-electron chi connectivity index (χ1n) is 7.25. The van der Waals surface area contributed by atoms with Crippen LogP contribution in [-0.4, -0.2) is 20.7 Å². The second kappa shape index (κ2) is 7.21. The lowest BCUT2D eigenvalue weighted by Crippen LogP contribution is -2.15. The summed E-state index contributed by atoms with van der Waals surface area (Å²) in [6.07, 6.45) is 1.32. The number of esters is 1. The molecule has 0 bridgehead atoms. The quantitative estimate of drug-likeness (QED) is 0.634. The minimum Gasteiger partial charge on any atom is -0.403 e. The van der Waals surface area contributed by atoms with Gasteiger partial charge in [-0.2, -0.15) is 5.10 Å². The Bertz CT molecular complexity index is 943. The summed E-state index contributed by atoms with van der Waals surface area (Å²) in [6, 6.07) is 9.27. The molecule has 0 spiro atoms. The van der Waals surface area contributed by atoms with Gasteiger partial charge in [-0.3, -0.25) is 0 Å². The summed E-state index contributed by atoms with van der Waals surface area (Å²) in [4.78, 5) is 15.8. The predicted molar refractivity (Wildman–Crippen MR) is 91.7 cm³/mol. The largest absolute Gasteiger partial charge is 0.403 e. The summed E-state index contributed by atoms with van der Waals surface area (Å²) in [5, 5.41) is 5.13. The third-order valence-corrected chi connectivity index (χ3v) is 4.07. The van der Waals surface area contributed by atoms with Crippen molar-refractivity contribution < 1.29 is 13.9 Å². The number of aryl methyl sites for hydroxylation is 1. The van der Waals surface area contributed by atoms with Crippen molar-refractivity contribution in [1.82, 2.24) is 14.8 Å². The highest BCUT2D eigenvalue weighted by Crippen LogP contribution is 2.24. The Balaban J connectivity index is 1.84. The van der Waals surface area contributed by atoms with Crippen LogP contribution in [0.25, 0.3) is 0 Å². The lowest BCUT2D eigenvalue weighted by atomic mass is 10.2. The van der Waals surface area contributed by atoms with Crippen LogP contribution in [0.4, 0.5) is 4.39 Å². The molecule has 0 fully saturated rings. The molecule has 0 aliphatic carbocycles. The van der Waals surface area contributed by atoms with E-state index < -0.39 is 11.8 Å². The molecular weight excluding hydrogens is 368 g/mol. The summed E-state index contributed by atoms with van der Waals surface area (Å²) in [5.41, 5.74) is 1.07. The highest BCUT2D eigenvalue weighted by molar-refractivity contribution is 6.42. The number of nitrogens with zero attached hydrogens (tertiary/aromatic N) is 3. The monoisotopic (exact) mass is 379 g/mol. The fourth-order valence-electron chi connectivity index (χ4n) is 2.21. The number of pyridine rings is 1. The van der Waals surface area contributed by atoms with Crippen LogP contribution in [0.1, 0.15) is 21.7 Å². The molecule has 0 saturated heterocycles. The number of ether oxygens (including phenoxy) is 1. The van der Waals surface area contributed by atoms with Gasteiger partial charge in [0.15, 0.2) is 11.5 Å². The molecule has 0 aliphatic rings. The standard InChI is InChI=1S/C17H12Cl2FN3O2/c1-10-7-15(25-17(24)16-14(20)3-2-6-21-16)23(22-10)9-11-4-5-12(18)13(19)8-11/h2-8H,9H2,1H3. The summed E-state index contributed by atoms with van der Waals surface area (Å²) in [6.45, 7) is 2.06. The van der Waals surface area contributed by atoms with E-state index in [1.165, 1.54) is 16.9 Å². The van der Waals surface area contributed by atoms with Crippen LogP contribution in [-0.2, 0) is 6.54 Å². The molecule has 0 amide bonds. The Labute approximate surface area is 153 Å². The maximum Gasteiger partial charge on any atom is 0.366 e. The fraction of sp³-hybridized carbons (Fsp3) is 0.118. The maximum absolute atomic E-state index is 13.7. The van der Waals surface area contributed by atoms with Gasteiger partial charge in [0.2, 0.25) is 5.88 Å². The van der Waals surface area contributed by atoms with E-state index in [-0.39, 0.29) is 11.6 Å². The molecule has 0 aliphatic heterocycles. The number of aromatic nitrogens is 3. The minimum atomic E-state index is -0.895. The minimum absolute atomic E-state index is 0.179. The average molecular weight is 380 g/mol. The van der Waals surface area contributed by atoms with Crippen molar-refractivity contribution >= 4 is 29.2 Å². The van der Waals surface area contributed by atoms with Crippen LogP contribution in [0.15, 0.2) is 42.6 Å². The van der Waals surface area contributed by atoms with Gasteiger partial charge in [-0.25, -0.2) is 18.9 Å². The zero-order valence-corrected chi connectivity index (χ0v) is 14.6. The van der Waals surface area contributed by atoms with Crippen LogP contribution < -0.4 is 4.74 Å². The Morgan fingerprint density at radius 2 is 2.04 bits per heavy atom. The van der Waals surface area contributed by atoms with Crippen molar-refractivity contribution in [3.05, 3.63) is 75.4 Å². The van der Waals surface area contributed by atoms with E-state index in [1.54, 1.807) is 31.2 Å². The van der Waals surface area contributed by atoms with Crippen LogP contribution in [0.2, 0.25) is 10.0 Å². The van der Waals surface area contributed by atoms with E-state index in [2.05, 4.69) is 10.1 Å². The van der Waals surface area contributed by atoms with Gasteiger partial charge in [0.1, 0.15) is 0 Å². The van der Waals surface area contributed by atoms with Crippen molar-refractivity contribution in [3.8, 4) is 5.88 Å². The van der Waals surface area contributed by atoms with Gasteiger partial charge in [0, 0.05) is 12.3 Å². The van der Waals surface area contributed by atoms with Gasteiger partial charge in [-0.15, -0.1) is 0 Å².